The molecule has 0 saturated heterocycles. The maximum Gasteiger partial charge on any atom is 0.131 e. The molecule has 1 aliphatic rings. The molecule has 82 valence electrons. The van der Waals surface area contributed by atoms with E-state index in [0.29, 0.717) is 11.3 Å². The SMILES string of the molecule is C[C@H](N)c1c(F)cccc1OC1CCC1. The maximum atomic E-state index is 13.5. The van der Waals surface area contributed by atoms with Gasteiger partial charge in [-0.25, -0.2) is 4.39 Å². The van der Waals surface area contributed by atoms with Crippen molar-refractivity contribution in [2.75, 3.05) is 0 Å². The fourth-order valence-corrected chi connectivity index (χ4v) is 1.73. The Morgan fingerprint density at radius 2 is 2.20 bits per heavy atom. The Kier molecular flexibility index (Phi) is 2.91. The Hall–Kier alpha value is -1.09. The number of ether oxygens (including phenoxy) is 1. The molecular weight excluding hydrogens is 193 g/mol. The minimum atomic E-state index is -0.332. The van der Waals surface area contributed by atoms with Crippen molar-refractivity contribution < 1.29 is 9.13 Å². The molecule has 2 nitrogen and oxygen atoms in total. The van der Waals surface area contributed by atoms with Crippen LogP contribution >= 0.6 is 0 Å². The van der Waals surface area contributed by atoms with Gasteiger partial charge in [0.2, 0.25) is 0 Å². The molecule has 0 aromatic heterocycles. The third-order valence-corrected chi connectivity index (χ3v) is 2.81. The second-order valence-electron chi connectivity index (χ2n) is 4.11. The summed E-state index contributed by atoms with van der Waals surface area (Å²) in [5.74, 6) is 0.330. The average Bonchev–Trinajstić information content (AvgIpc) is 2.10. The van der Waals surface area contributed by atoms with Crippen molar-refractivity contribution >= 4 is 0 Å². The van der Waals surface area contributed by atoms with E-state index in [9.17, 15) is 4.39 Å². The summed E-state index contributed by atoms with van der Waals surface area (Å²) in [6.07, 6.45) is 3.58. The van der Waals surface area contributed by atoms with E-state index in [2.05, 4.69) is 0 Å². The molecule has 0 spiro atoms. The van der Waals surface area contributed by atoms with Crippen molar-refractivity contribution in [1.29, 1.82) is 0 Å². The Bertz CT molecular complexity index is 347. The van der Waals surface area contributed by atoms with Crippen LogP contribution in [0.15, 0.2) is 18.2 Å². The molecule has 1 aromatic carbocycles. The van der Waals surface area contributed by atoms with Gasteiger partial charge in [0.1, 0.15) is 11.6 Å². The monoisotopic (exact) mass is 209 g/mol. The Morgan fingerprint density at radius 1 is 1.47 bits per heavy atom. The van der Waals surface area contributed by atoms with E-state index in [1.54, 1.807) is 19.1 Å². The van der Waals surface area contributed by atoms with Crippen LogP contribution < -0.4 is 10.5 Å². The molecule has 1 saturated carbocycles. The van der Waals surface area contributed by atoms with Gasteiger partial charge in [0.15, 0.2) is 0 Å². The van der Waals surface area contributed by atoms with E-state index >= 15 is 0 Å². The molecular formula is C12H16FNO. The van der Waals surface area contributed by atoms with E-state index in [1.807, 2.05) is 0 Å². The van der Waals surface area contributed by atoms with Crippen molar-refractivity contribution in [1.82, 2.24) is 0 Å². The summed E-state index contributed by atoms with van der Waals surface area (Å²) in [5.41, 5.74) is 6.22. The largest absolute Gasteiger partial charge is 0.490 e. The average molecular weight is 209 g/mol. The van der Waals surface area contributed by atoms with E-state index in [-0.39, 0.29) is 18.0 Å². The van der Waals surface area contributed by atoms with Gasteiger partial charge in [-0.05, 0) is 38.3 Å². The third-order valence-electron chi connectivity index (χ3n) is 2.81. The molecule has 1 atom stereocenters. The number of hydrogen-bond acceptors (Lipinski definition) is 2. The molecule has 1 aromatic rings. The van der Waals surface area contributed by atoms with E-state index in [1.165, 1.54) is 12.5 Å². The van der Waals surface area contributed by atoms with Crippen LogP contribution in [0.1, 0.15) is 37.8 Å². The number of benzene rings is 1. The van der Waals surface area contributed by atoms with Gasteiger partial charge in [0.25, 0.3) is 0 Å². The summed E-state index contributed by atoms with van der Waals surface area (Å²) in [5, 5.41) is 0. The summed E-state index contributed by atoms with van der Waals surface area (Å²) < 4.78 is 19.2. The number of hydrogen-bond donors (Lipinski definition) is 1. The van der Waals surface area contributed by atoms with Crippen LogP contribution in [0.2, 0.25) is 0 Å². The predicted octanol–water partition coefficient (Wildman–Crippen LogP) is 2.78. The molecule has 2 N–H and O–H groups in total. The predicted molar refractivity (Wildman–Crippen MR) is 57.3 cm³/mol. The second kappa shape index (κ2) is 4.19. The van der Waals surface area contributed by atoms with Gasteiger partial charge in [0.05, 0.1) is 6.10 Å². The number of nitrogens with two attached hydrogens (primary N) is 1. The summed E-state index contributed by atoms with van der Waals surface area (Å²) in [4.78, 5) is 0. The van der Waals surface area contributed by atoms with Crippen LogP contribution in [0, 0.1) is 5.82 Å². The molecule has 0 amide bonds. The first kappa shape index (κ1) is 10.4. The summed E-state index contributed by atoms with van der Waals surface area (Å²) >= 11 is 0. The van der Waals surface area contributed by atoms with Crippen LogP contribution in [-0.2, 0) is 0 Å². The van der Waals surface area contributed by atoms with Crippen LogP contribution in [0.25, 0.3) is 0 Å². The highest BCUT2D eigenvalue weighted by Gasteiger charge is 2.22. The van der Waals surface area contributed by atoms with Gasteiger partial charge in [-0.2, -0.15) is 0 Å². The Morgan fingerprint density at radius 3 is 2.73 bits per heavy atom. The number of halogens is 1. The number of rotatable bonds is 3. The summed E-state index contributed by atoms with van der Waals surface area (Å²) in [6.45, 7) is 1.77. The zero-order valence-electron chi connectivity index (χ0n) is 8.87. The minimum absolute atomic E-state index is 0.254. The minimum Gasteiger partial charge on any atom is -0.490 e. The molecule has 0 heterocycles. The van der Waals surface area contributed by atoms with Crippen molar-refractivity contribution in [2.45, 2.75) is 38.3 Å². The van der Waals surface area contributed by atoms with Gasteiger partial charge >= 0.3 is 0 Å². The van der Waals surface area contributed by atoms with Gasteiger partial charge in [-0.1, -0.05) is 6.07 Å². The standard InChI is InChI=1S/C12H16FNO/c1-8(14)12-10(13)6-3-7-11(12)15-9-4-2-5-9/h3,6-9H,2,4-5,14H2,1H3/t8-/m0/s1. The van der Waals surface area contributed by atoms with Gasteiger partial charge in [-0.15, -0.1) is 0 Å². The third kappa shape index (κ3) is 2.12. The fraction of sp³-hybridized carbons (Fsp3) is 0.500. The van der Waals surface area contributed by atoms with E-state index < -0.39 is 0 Å². The van der Waals surface area contributed by atoms with Crippen molar-refractivity contribution in [2.24, 2.45) is 5.73 Å². The lowest BCUT2D eigenvalue weighted by Crippen LogP contribution is -2.25. The van der Waals surface area contributed by atoms with Gasteiger partial charge < -0.3 is 10.5 Å². The fourth-order valence-electron chi connectivity index (χ4n) is 1.73. The normalized spacial score (nSPS) is 18.3. The van der Waals surface area contributed by atoms with Crippen LogP contribution in [0.4, 0.5) is 4.39 Å². The lowest BCUT2D eigenvalue weighted by molar-refractivity contribution is 0.118. The lowest BCUT2D eigenvalue weighted by Gasteiger charge is -2.28. The van der Waals surface area contributed by atoms with E-state index in [4.69, 9.17) is 10.5 Å². The first-order chi connectivity index (χ1) is 7.18. The van der Waals surface area contributed by atoms with Crippen molar-refractivity contribution in [3.63, 3.8) is 0 Å². The summed E-state index contributed by atoms with van der Waals surface area (Å²) in [6, 6.07) is 4.54. The zero-order valence-corrected chi connectivity index (χ0v) is 8.87. The first-order valence-corrected chi connectivity index (χ1v) is 5.39. The van der Waals surface area contributed by atoms with Crippen LogP contribution in [0.5, 0.6) is 5.75 Å². The van der Waals surface area contributed by atoms with Gasteiger partial charge in [0, 0.05) is 11.6 Å². The molecule has 0 unspecified atom stereocenters. The lowest BCUT2D eigenvalue weighted by atomic mass is 9.96. The molecule has 0 radical (unpaired) electrons. The van der Waals surface area contributed by atoms with Crippen LogP contribution in [-0.4, -0.2) is 6.10 Å². The molecule has 2 rings (SSSR count). The maximum absolute atomic E-state index is 13.5. The van der Waals surface area contributed by atoms with Gasteiger partial charge in [-0.3, -0.25) is 0 Å². The van der Waals surface area contributed by atoms with Crippen molar-refractivity contribution in [3.05, 3.63) is 29.6 Å². The van der Waals surface area contributed by atoms with E-state index in [0.717, 1.165) is 12.8 Å². The zero-order chi connectivity index (χ0) is 10.8. The Balaban J connectivity index is 2.23. The second-order valence-corrected chi connectivity index (χ2v) is 4.11. The first-order valence-electron chi connectivity index (χ1n) is 5.39. The highest BCUT2D eigenvalue weighted by molar-refractivity contribution is 5.37. The molecule has 3 heteroatoms. The molecule has 15 heavy (non-hydrogen) atoms. The molecule has 1 fully saturated rings. The summed E-state index contributed by atoms with van der Waals surface area (Å²) in [7, 11) is 0. The highest BCUT2D eigenvalue weighted by Crippen LogP contribution is 2.31. The molecule has 0 bridgehead atoms. The smallest absolute Gasteiger partial charge is 0.131 e. The molecule has 1 aliphatic carbocycles. The van der Waals surface area contributed by atoms with Crippen LogP contribution in [0.3, 0.4) is 0 Å². The van der Waals surface area contributed by atoms with Crippen molar-refractivity contribution in [3.8, 4) is 5.75 Å². The molecule has 0 aliphatic heterocycles. The highest BCUT2D eigenvalue weighted by atomic mass is 19.1. The topological polar surface area (TPSA) is 35.2 Å². The Labute approximate surface area is 89.2 Å². The quantitative estimate of drug-likeness (QED) is 0.830.